The van der Waals surface area contributed by atoms with E-state index >= 15 is 0 Å². The number of hydrogen-bond acceptors (Lipinski definition) is 6. The van der Waals surface area contributed by atoms with E-state index in [9.17, 15) is 18.0 Å². The van der Waals surface area contributed by atoms with Crippen LogP contribution in [-0.4, -0.2) is 42.7 Å². The van der Waals surface area contributed by atoms with Gasteiger partial charge >= 0.3 is 6.18 Å². The summed E-state index contributed by atoms with van der Waals surface area (Å²) in [6, 6.07) is 10.1. The Hall–Kier alpha value is -3.40. The maximum absolute atomic E-state index is 13.2. The molecule has 3 aromatic rings. The number of thiazole rings is 1. The van der Waals surface area contributed by atoms with Crippen molar-refractivity contribution in [2.75, 3.05) is 26.2 Å². The minimum absolute atomic E-state index is 0.154. The predicted molar refractivity (Wildman–Crippen MR) is 113 cm³/mol. The molecule has 0 atom stereocenters. The van der Waals surface area contributed by atoms with Gasteiger partial charge in [-0.3, -0.25) is 4.79 Å². The lowest BCUT2D eigenvalue weighted by Crippen LogP contribution is -2.22. The van der Waals surface area contributed by atoms with E-state index in [1.54, 1.807) is 44.3 Å². The first kappa shape index (κ1) is 20.9. The first-order chi connectivity index (χ1) is 14.7. The second-order valence-corrected chi connectivity index (χ2v) is 7.99. The number of benzene rings is 2. The second-order valence-electron chi connectivity index (χ2n) is 6.98. The van der Waals surface area contributed by atoms with Crippen LogP contribution in [-0.2, 0) is 11.0 Å². The Balaban J connectivity index is 1.82. The van der Waals surface area contributed by atoms with Crippen LogP contribution in [0.25, 0.3) is 10.2 Å². The number of fused-ring (bicyclic) bond motifs is 1. The van der Waals surface area contributed by atoms with Crippen LogP contribution in [0.1, 0.15) is 11.1 Å². The zero-order valence-electron chi connectivity index (χ0n) is 16.8. The Kier molecular flexibility index (Phi) is 5.18. The van der Waals surface area contributed by atoms with Gasteiger partial charge in [-0.2, -0.15) is 23.3 Å². The molecule has 0 saturated heterocycles. The smallest absolute Gasteiger partial charge is 0.416 e. The van der Waals surface area contributed by atoms with E-state index in [4.69, 9.17) is 4.74 Å². The van der Waals surface area contributed by atoms with Gasteiger partial charge < -0.3 is 9.64 Å². The van der Waals surface area contributed by atoms with Gasteiger partial charge in [0.05, 0.1) is 28.5 Å². The molecule has 0 fully saturated rings. The van der Waals surface area contributed by atoms with Gasteiger partial charge in [-0.25, -0.2) is 4.98 Å². The summed E-state index contributed by atoms with van der Waals surface area (Å²) >= 11 is 1.24. The van der Waals surface area contributed by atoms with Gasteiger partial charge in [0.1, 0.15) is 11.5 Å². The normalized spacial score (nSPS) is 15.7. The number of nitrogens with zero attached hydrogens (tertiary/aromatic N) is 4. The Morgan fingerprint density at radius 3 is 2.61 bits per heavy atom. The van der Waals surface area contributed by atoms with Gasteiger partial charge in [-0.05, 0) is 30.3 Å². The number of rotatable bonds is 4. The van der Waals surface area contributed by atoms with Gasteiger partial charge in [0, 0.05) is 25.9 Å². The average molecular weight is 446 g/mol. The molecule has 0 unspecified atom stereocenters. The number of ether oxygens (including phenoxy) is 1. The van der Waals surface area contributed by atoms with Crippen molar-refractivity contribution < 1.29 is 22.7 Å². The first-order valence-corrected chi connectivity index (χ1v) is 9.93. The SMILES string of the molecule is COc1ccc2nc(N3N=C(c4cccc(C(F)(F)F)c4)C(=CN(C)C)C3=O)sc2c1. The molecule has 1 aliphatic rings. The first-order valence-electron chi connectivity index (χ1n) is 9.11. The van der Waals surface area contributed by atoms with Crippen molar-refractivity contribution in [3.8, 4) is 5.75 Å². The van der Waals surface area contributed by atoms with Crippen molar-refractivity contribution in [3.63, 3.8) is 0 Å². The van der Waals surface area contributed by atoms with E-state index in [1.165, 1.54) is 29.7 Å². The monoisotopic (exact) mass is 446 g/mol. The largest absolute Gasteiger partial charge is 0.497 e. The number of aromatic nitrogens is 1. The molecule has 2 heterocycles. The number of anilines is 1. The molecule has 0 radical (unpaired) electrons. The third-order valence-corrected chi connectivity index (χ3v) is 5.49. The summed E-state index contributed by atoms with van der Waals surface area (Å²) in [5.41, 5.74) is 0.383. The van der Waals surface area contributed by atoms with Crippen molar-refractivity contribution in [1.29, 1.82) is 0 Å². The Bertz CT molecular complexity index is 1230. The van der Waals surface area contributed by atoms with Crippen LogP contribution in [0.4, 0.5) is 18.3 Å². The lowest BCUT2D eigenvalue weighted by Gasteiger charge is -2.10. The average Bonchev–Trinajstić information content (AvgIpc) is 3.28. The van der Waals surface area contributed by atoms with Gasteiger partial charge in [-0.15, -0.1) is 0 Å². The van der Waals surface area contributed by atoms with Gasteiger partial charge in [-0.1, -0.05) is 23.5 Å². The Labute approximate surface area is 179 Å². The molecule has 0 saturated carbocycles. The summed E-state index contributed by atoms with van der Waals surface area (Å²) in [7, 11) is 4.99. The van der Waals surface area contributed by atoms with Crippen LogP contribution in [0, 0.1) is 0 Å². The van der Waals surface area contributed by atoms with Gasteiger partial charge in [0.25, 0.3) is 5.91 Å². The van der Waals surface area contributed by atoms with E-state index in [0.29, 0.717) is 16.4 Å². The maximum Gasteiger partial charge on any atom is 0.416 e. The summed E-state index contributed by atoms with van der Waals surface area (Å²) in [6.07, 6.45) is -2.96. The zero-order chi connectivity index (χ0) is 22.3. The Morgan fingerprint density at radius 1 is 1.16 bits per heavy atom. The number of halogens is 3. The molecule has 160 valence electrons. The van der Waals surface area contributed by atoms with E-state index in [2.05, 4.69) is 10.1 Å². The summed E-state index contributed by atoms with van der Waals surface area (Å²) in [6.45, 7) is 0. The predicted octanol–water partition coefficient (Wildman–Crippen LogP) is 4.52. The minimum Gasteiger partial charge on any atom is -0.497 e. The standard InChI is InChI=1S/C21H17F3N4O2S/c1-27(2)11-15-18(12-5-4-6-13(9-12)21(22,23)24)26-28(19(15)29)20-25-16-8-7-14(30-3)10-17(16)31-20/h4-11H,1-3H3. The van der Waals surface area contributed by atoms with Crippen molar-refractivity contribution in [2.45, 2.75) is 6.18 Å². The number of hydrazone groups is 1. The fraction of sp³-hybridized carbons (Fsp3) is 0.190. The summed E-state index contributed by atoms with van der Waals surface area (Å²) in [4.78, 5) is 19.2. The fourth-order valence-corrected chi connectivity index (χ4v) is 4.03. The number of hydrogen-bond donors (Lipinski definition) is 0. The van der Waals surface area contributed by atoms with Crippen molar-refractivity contribution >= 4 is 38.3 Å². The fourth-order valence-electron chi connectivity index (χ4n) is 3.09. The molecule has 2 aromatic carbocycles. The molecule has 1 aliphatic heterocycles. The molecule has 10 heteroatoms. The summed E-state index contributed by atoms with van der Waals surface area (Å²) in [5, 5.41) is 5.81. The summed E-state index contributed by atoms with van der Waals surface area (Å²) < 4.78 is 45.6. The molecule has 4 rings (SSSR count). The molecule has 0 aliphatic carbocycles. The molecular formula is C21H17F3N4O2S. The van der Waals surface area contributed by atoms with E-state index in [1.807, 2.05) is 0 Å². The van der Waals surface area contributed by atoms with Gasteiger partial charge in [0.15, 0.2) is 0 Å². The molecule has 6 nitrogen and oxygen atoms in total. The number of carbonyl (C=O) groups excluding carboxylic acids is 1. The highest BCUT2D eigenvalue weighted by atomic mass is 32.1. The maximum atomic E-state index is 13.2. The highest BCUT2D eigenvalue weighted by Gasteiger charge is 2.36. The molecule has 31 heavy (non-hydrogen) atoms. The third kappa shape index (κ3) is 3.98. The highest BCUT2D eigenvalue weighted by Crippen LogP contribution is 2.36. The number of methoxy groups -OCH3 is 1. The van der Waals surface area contributed by atoms with Crippen LogP contribution in [0.3, 0.4) is 0 Å². The zero-order valence-corrected chi connectivity index (χ0v) is 17.6. The third-order valence-electron chi connectivity index (χ3n) is 4.49. The number of amides is 1. The quantitative estimate of drug-likeness (QED) is 0.553. The van der Waals surface area contributed by atoms with Crippen molar-refractivity contribution in [3.05, 3.63) is 65.4 Å². The lowest BCUT2D eigenvalue weighted by molar-refractivity contribution is -0.137. The van der Waals surface area contributed by atoms with Crippen LogP contribution < -0.4 is 9.75 Å². The van der Waals surface area contributed by atoms with Crippen LogP contribution in [0.5, 0.6) is 5.75 Å². The Morgan fingerprint density at radius 2 is 1.94 bits per heavy atom. The van der Waals surface area contributed by atoms with Crippen LogP contribution in [0.2, 0.25) is 0 Å². The topological polar surface area (TPSA) is 58.0 Å². The van der Waals surface area contributed by atoms with Gasteiger partial charge in [0.2, 0.25) is 5.13 Å². The molecule has 1 aromatic heterocycles. The lowest BCUT2D eigenvalue weighted by atomic mass is 10.0. The number of alkyl halides is 3. The molecule has 1 amide bonds. The second kappa shape index (κ2) is 7.69. The van der Waals surface area contributed by atoms with Crippen molar-refractivity contribution in [2.24, 2.45) is 5.10 Å². The van der Waals surface area contributed by atoms with Crippen LogP contribution >= 0.6 is 11.3 Å². The van der Waals surface area contributed by atoms with Crippen LogP contribution in [0.15, 0.2) is 59.3 Å². The molecular weight excluding hydrogens is 429 g/mol. The molecule has 0 spiro atoms. The molecule has 0 N–H and O–H groups in total. The van der Waals surface area contributed by atoms with E-state index in [0.717, 1.165) is 21.8 Å². The summed E-state index contributed by atoms with van der Waals surface area (Å²) in [5.74, 6) is 0.184. The van der Waals surface area contributed by atoms with Crippen molar-refractivity contribution in [1.82, 2.24) is 9.88 Å². The highest BCUT2D eigenvalue weighted by molar-refractivity contribution is 7.22. The minimum atomic E-state index is -4.50. The number of carbonyl (C=O) groups is 1. The van der Waals surface area contributed by atoms with E-state index in [-0.39, 0.29) is 16.8 Å². The molecule has 0 bridgehead atoms. The van der Waals surface area contributed by atoms with E-state index < -0.39 is 17.6 Å².